The highest BCUT2D eigenvalue weighted by molar-refractivity contribution is 5.86. The molecule has 0 radical (unpaired) electrons. The zero-order chi connectivity index (χ0) is 16.4. The van der Waals surface area contributed by atoms with Gasteiger partial charge in [-0.15, -0.1) is 5.10 Å². The Balaban J connectivity index is 1.57. The van der Waals surface area contributed by atoms with Gasteiger partial charge in [0.2, 0.25) is 0 Å². The lowest BCUT2D eigenvalue weighted by molar-refractivity contribution is 0.0594. The summed E-state index contributed by atoms with van der Waals surface area (Å²) in [4.78, 5) is 13.9. The highest BCUT2D eigenvalue weighted by Gasteiger charge is 2.23. The molecule has 0 aromatic carbocycles. The first-order valence-electron chi connectivity index (χ1n) is 7.78. The Labute approximate surface area is 135 Å². The molecule has 0 spiro atoms. The van der Waals surface area contributed by atoms with Gasteiger partial charge in [-0.1, -0.05) is 5.21 Å². The molecule has 8 heteroatoms. The molecular formula is C15H22N6O2. The van der Waals surface area contributed by atoms with E-state index in [4.69, 9.17) is 0 Å². The van der Waals surface area contributed by atoms with Crippen LogP contribution in [0, 0.1) is 6.92 Å². The monoisotopic (exact) mass is 318 g/mol. The van der Waals surface area contributed by atoms with E-state index in [0.29, 0.717) is 0 Å². The summed E-state index contributed by atoms with van der Waals surface area (Å²) in [5.41, 5.74) is 2.76. The molecule has 1 fully saturated rings. The Bertz CT molecular complexity index is 684. The summed E-state index contributed by atoms with van der Waals surface area (Å²) in [5.74, 6) is -0.444. The van der Waals surface area contributed by atoms with Crippen LogP contribution in [0.1, 0.15) is 40.6 Å². The molecule has 0 atom stereocenters. The van der Waals surface area contributed by atoms with E-state index in [-0.39, 0.29) is 11.7 Å². The van der Waals surface area contributed by atoms with E-state index in [1.54, 1.807) is 10.9 Å². The third-order valence-electron chi connectivity index (χ3n) is 4.57. The molecule has 1 aliphatic rings. The molecule has 2 aromatic rings. The molecule has 1 saturated heterocycles. The molecule has 1 aliphatic heterocycles. The third kappa shape index (κ3) is 3.26. The summed E-state index contributed by atoms with van der Waals surface area (Å²) in [6, 6.07) is 0.284. The summed E-state index contributed by atoms with van der Waals surface area (Å²) in [6.45, 7) is 5.01. The number of aromatic nitrogens is 5. The van der Waals surface area contributed by atoms with E-state index in [1.807, 2.05) is 17.9 Å². The molecule has 8 nitrogen and oxygen atoms in total. The fraction of sp³-hybridized carbons (Fsp3) is 0.600. The average molecular weight is 318 g/mol. The Kier molecular flexibility index (Phi) is 4.42. The molecule has 0 N–H and O–H groups in total. The van der Waals surface area contributed by atoms with Gasteiger partial charge >= 0.3 is 5.97 Å². The van der Waals surface area contributed by atoms with Gasteiger partial charge in [0.25, 0.3) is 0 Å². The minimum absolute atomic E-state index is 0.265. The SMILES string of the molecule is COC(=O)c1cn(C2CCN(Cc3cnn(C)c3C)CC2)nn1. The molecule has 23 heavy (non-hydrogen) atoms. The van der Waals surface area contributed by atoms with Crippen LogP contribution in [-0.4, -0.2) is 55.8 Å². The van der Waals surface area contributed by atoms with Gasteiger partial charge < -0.3 is 4.74 Å². The van der Waals surface area contributed by atoms with Crippen molar-refractivity contribution in [1.29, 1.82) is 0 Å². The minimum atomic E-state index is -0.444. The number of nitrogens with zero attached hydrogens (tertiary/aromatic N) is 6. The molecule has 0 unspecified atom stereocenters. The first kappa shape index (κ1) is 15.7. The smallest absolute Gasteiger partial charge is 0.360 e. The van der Waals surface area contributed by atoms with Crippen molar-refractivity contribution in [2.24, 2.45) is 7.05 Å². The van der Waals surface area contributed by atoms with Crippen LogP contribution in [0.3, 0.4) is 0 Å². The molecule has 0 saturated carbocycles. The van der Waals surface area contributed by atoms with E-state index in [2.05, 4.69) is 32.0 Å². The Hall–Kier alpha value is -2.22. The van der Waals surface area contributed by atoms with Gasteiger partial charge in [0.05, 0.1) is 25.5 Å². The third-order valence-corrected chi connectivity index (χ3v) is 4.57. The molecule has 0 amide bonds. The average Bonchev–Trinajstić information content (AvgIpc) is 3.18. The second kappa shape index (κ2) is 6.49. The second-order valence-electron chi connectivity index (χ2n) is 5.96. The zero-order valence-corrected chi connectivity index (χ0v) is 13.8. The molecule has 3 heterocycles. The number of hydrogen-bond donors (Lipinski definition) is 0. The van der Waals surface area contributed by atoms with Gasteiger partial charge in [0, 0.05) is 37.9 Å². The number of ether oxygens (including phenoxy) is 1. The van der Waals surface area contributed by atoms with Gasteiger partial charge in [0.15, 0.2) is 5.69 Å². The summed E-state index contributed by atoms with van der Waals surface area (Å²) in [5, 5.41) is 12.2. The largest absolute Gasteiger partial charge is 0.464 e. The number of piperidine rings is 1. The minimum Gasteiger partial charge on any atom is -0.464 e. The predicted octanol–water partition coefficient (Wildman–Crippen LogP) is 0.944. The van der Waals surface area contributed by atoms with Crippen LogP contribution in [0.25, 0.3) is 0 Å². The van der Waals surface area contributed by atoms with Gasteiger partial charge in [0.1, 0.15) is 0 Å². The van der Waals surface area contributed by atoms with E-state index < -0.39 is 5.97 Å². The quantitative estimate of drug-likeness (QED) is 0.781. The van der Waals surface area contributed by atoms with Crippen LogP contribution in [-0.2, 0) is 18.3 Å². The normalized spacial score (nSPS) is 16.7. The number of hydrogen-bond acceptors (Lipinski definition) is 6. The number of carbonyl (C=O) groups is 1. The summed E-state index contributed by atoms with van der Waals surface area (Å²) >= 11 is 0. The Morgan fingerprint density at radius 2 is 2.13 bits per heavy atom. The number of methoxy groups -OCH3 is 1. The van der Waals surface area contributed by atoms with Crippen LogP contribution in [0.5, 0.6) is 0 Å². The Morgan fingerprint density at radius 1 is 1.39 bits per heavy atom. The summed E-state index contributed by atoms with van der Waals surface area (Å²) < 4.78 is 8.36. The first-order valence-corrected chi connectivity index (χ1v) is 7.78. The summed E-state index contributed by atoms with van der Waals surface area (Å²) in [7, 11) is 3.31. The van der Waals surface area contributed by atoms with Crippen LogP contribution in [0.2, 0.25) is 0 Å². The van der Waals surface area contributed by atoms with Crippen molar-refractivity contribution in [3.8, 4) is 0 Å². The van der Waals surface area contributed by atoms with Crippen molar-refractivity contribution in [2.75, 3.05) is 20.2 Å². The Morgan fingerprint density at radius 3 is 2.74 bits per heavy atom. The number of esters is 1. The highest BCUT2D eigenvalue weighted by Crippen LogP contribution is 2.23. The molecule has 0 bridgehead atoms. The van der Waals surface area contributed by atoms with Gasteiger partial charge in [-0.2, -0.15) is 5.10 Å². The van der Waals surface area contributed by atoms with Crippen molar-refractivity contribution >= 4 is 5.97 Å². The maximum Gasteiger partial charge on any atom is 0.360 e. The van der Waals surface area contributed by atoms with Crippen LogP contribution >= 0.6 is 0 Å². The summed E-state index contributed by atoms with van der Waals surface area (Å²) in [6.07, 6.45) is 5.60. The van der Waals surface area contributed by atoms with Crippen molar-refractivity contribution in [3.63, 3.8) is 0 Å². The predicted molar refractivity (Wildman–Crippen MR) is 82.9 cm³/mol. The zero-order valence-electron chi connectivity index (χ0n) is 13.8. The number of rotatable bonds is 4. The van der Waals surface area contributed by atoms with Crippen LogP contribution in [0.4, 0.5) is 0 Å². The maximum atomic E-state index is 11.4. The van der Waals surface area contributed by atoms with E-state index >= 15 is 0 Å². The maximum absolute atomic E-state index is 11.4. The van der Waals surface area contributed by atoms with E-state index in [9.17, 15) is 4.79 Å². The van der Waals surface area contributed by atoms with E-state index in [0.717, 1.165) is 32.5 Å². The fourth-order valence-corrected chi connectivity index (χ4v) is 2.94. The van der Waals surface area contributed by atoms with Gasteiger partial charge in [-0.05, 0) is 19.8 Å². The van der Waals surface area contributed by atoms with Gasteiger partial charge in [-0.25, -0.2) is 9.48 Å². The lowest BCUT2D eigenvalue weighted by Crippen LogP contribution is -2.34. The van der Waals surface area contributed by atoms with Crippen LogP contribution < -0.4 is 0 Å². The fourth-order valence-electron chi connectivity index (χ4n) is 2.94. The molecule has 124 valence electrons. The molecule has 3 rings (SSSR count). The van der Waals surface area contributed by atoms with Crippen LogP contribution in [0.15, 0.2) is 12.4 Å². The first-order chi connectivity index (χ1) is 11.1. The van der Waals surface area contributed by atoms with Crippen molar-refractivity contribution < 1.29 is 9.53 Å². The molecule has 2 aromatic heterocycles. The van der Waals surface area contributed by atoms with E-state index in [1.165, 1.54) is 18.4 Å². The number of aryl methyl sites for hydroxylation is 1. The van der Waals surface area contributed by atoms with Gasteiger partial charge in [-0.3, -0.25) is 9.58 Å². The standard InChI is InChI=1S/C15H22N6O2/c1-11-12(8-16-19(11)2)9-20-6-4-13(5-7-20)21-10-14(17-18-21)15(22)23-3/h8,10,13H,4-7,9H2,1-3H3. The number of likely N-dealkylation sites (tertiary alicyclic amines) is 1. The lowest BCUT2D eigenvalue weighted by atomic mass is 10.0. The topological polar surface area (TPSA) is 78.1 Å². The second-order valence-corrected chi connectivity index (χ2v) is 5.96. The van der Waals surface area contributed by atoms with Crippen molar-refractivity contribution in [3.05, 3.63) is 29.3 Å². The number of carbonyl (C=O) groups excluding carboxylic acids is 1. The lowest BCUT2D eigenvalue weighted by Gasteiger charge is -2.31. The highest BCUT2D eigenvalue weighted by atomic mass is 16.5. The molecule has 0 aliphatic carbocycles. The van der Waals surface area contributed by atoms with Crippen molar-refractivity contribution in [1.82, 2.24) is 29.7 Å². The van der Waals surface area contributed by atoms with Crippen molar-refractivity contribution in [2.45, 2.75) is 32.4 Å². The molecular weight excluding hydrogens is 296 g/mol.